The molecule has 1 fully saturated rings. The molecule has 3 aromatic rings. The molecule has 1 aliphatic heterocycles. The van der Waals surface area contributed by atoms with E-state index in [0.717, 1.165) is 29.4 Å². The smallest absolute Gasteiger partial charge is 0.234 e. The summed E-state index contributed by atoms with van der Waals surface area (Å²) in [5, 5.41) is 12.2. The number of thioether (sulfide) groups is 1. The van der Waals surface area contributed by atoms with E-state index >= 15 is 0 Å². The van der Waals surface area contributed by atoms with Crippen LogP contribution in [0.3, 0.4) is 0 Å². The summed E-state index contributed by atoms with van der Waals surface area (Å²) in [6.07, 6.45) is 3.87. The quantitative estimate of drug-likeness (QED) is 0.535. The van der Waals surface area contributed by atoms with Gasteiger partial charge in [-0.05, 0) is 55.7 Å². The Morgan fingerprint density at radius 1 is 1.03 bits per heavy atom. The predicted octanol–water partition coefficient (Wildman–Crippen LogP) is 4.87. The Labute approximate surface area is 187 Å². The summed E-state index contributed by atoms with van der Waals surface area (Å²) >= 11 is 1.36. The first-order chi connectivity index (χ1) is 15.2. The van der Waals surface area contributed by atoms with Gasteiger partial charge >= 0.3 is 0 Å². The van der Waals surface area contributed by atoms with Crippen molar-refractivity contribution in [3.63, 3.8) is 0 Å². The van der Waals surface area contributed by atoms with Gasteiger partial charge in [0, 0.05) is 36.1 Å². The van der Waals surface area contributed by atoms with Crippen LogP contribution in [-0.4, -0.2) is 42.1 Å². The van der Waals surface area contributed by atoms with Crippen LogP contribution >= 0.6 is 11.8 Å². The van der Waals surface area contributed by atoms with E-state index < -0.39 is 0 Å². The van der Waals surface area contributed by atoms with Crippen LogP contribution < -0.4 is 15.0 Å². The topological polar surface area (TPSA) is 67.3 Å². The van der Waals surface area contributed by atoms with Crippen molar-refractivity contribution in [3.05, 3.63) is 60.7 Å². The van der Waals surface area contributed by atoms with E-state index in [0.29, 0.717) is 11.4 Å². The van der Waals surface area contributed by atoms with Crippen LogP contribution in [0.4, 0.5) is 11.4 Å². The van der Waals surface area contributed by atoms with Crippen molar-refractivity contribution < 1.29 is 9.53 Å². The number of anilines is 2. The molecule has 1 aromatic heterocycles. The standard InChI is InChI=1S/C24H26N4O2S/c1-30-21-7-5-6-19(16-21)25-23(29)17-31-24-13-12-22(26-27-24)18-8-10-20(11-9-18)28-14-3-2-4-15-28/h5-13,16H,2-4,14-15,17H2,1H3,(H,25,29). The zero-order chi connectivity index (χ0) is 21.5. The molecule has 0 atom stereocenters. The first kappa shape index (κ1) is 21.2. The van der Waals surface area contributed by atoms with E-state index in [4.69, 9.17) is 4.74 Å². The molecule has 4 rings (SSSR count). The molecule has 160 valence electrons. The number of hydrogen-bond acceptors (Lipinski definition) is 6. The second-order valence-electron chi connectivity index (χ2n) is 7.42. The highest BCUT2D eigenvalue weighted by molar-refractivity contribution is 7.99. The van der Waals surface area contributed by atoms with Crippen LogP contribution in [-0.2, 0) is 4.79 Å². The molecule has 31 heavy (non-hydrogen) atoms. The van der Waals surface area contributed by atoms with Crippen LogP contribution in [0.25, 0.3) is 11.3 Å². The van der Waals surface area contributed by atoms with Gasteiger partial charge in [-0.2, -0.15) is 0 Å². The minimum absolute atomic E-state index is 0.0996. The number of methoxy groups -OCH3 is 1. The van der Waals surface area contributed by atoms with Crippen molar-refractivity contribution in [2.75, 3.05) is 36.2 Å². The summed E-state index contributed by atoms with van der Waals surface area (Å²) in [7, 11) is 1.60. The summed E-state index contributed by atoms with van der Waals surface area (Å²) in [6.45, 7) is 2.27. The van der Waals surface area contributed by atoms with Gasteiger partial charge in [0.25, 0.3) is 0 Å². The number of rotatable bonds is 7. The normalized spacial score (nSPS) is 13.6. The molecule has 0 saturated carbocycles. The minimum atomic E-state index is -0.0996. The summed E-state index contributed by atoms with van der Waals surface area (Å²) in [5.41, 5.74) is 3.85. The van der Waals surface area contributed by atoms with Gasteiger partial charge in [0.15, 0.2) is 0 Å². The van der Waals surface area contributed by atoms with Crippen molar-refractivity contribution in [1.29, 1.82) is 0 Å². The minimum Gasteiger partial charge on any atom is -0.497 e. The van der Waals surface area contributed by atoms with Gasteiger partial charge in [-0.15, -0.1) is 10.2 Å². The fourth-order valence-corrected chi connectivity index (χ4v) is 4.20. The van der Waals surface area contributed by atoms with Crippen LogP contribution in [0.15, 0.2) is 65.7 Å². The molecule has 6 nitrogen and oxygen atoms in total. The fourth-order valence-electron chi connectivity index (χ4n) is 3.58. The molecular formula is C24H26N4O2S. The lowest BCUT2D eigenvalue weighted by atomic mass is 10.1. The average molecular weight is 435 g/mol. The molecule has 7 heteroatoms. The van der Waals surface area contributed by atoms with Crippen LogP contribution in [0.1, 0.15) is 19.3 Å². The first-order valence-electron chi connectivity index (χ1n) is 10.5. The molecule has 1 saturated heterocycles. The molecular weight excluding hydrogens is 408 g/mol. The zero-order valence-corrected chi connectivity index (χ0v) is 18.4. The lowest BCUT2D eigenvalue weighted by Crippen LogP contribution is -2.29. The van der Waals surface area contributed by atoms with Gasteiger partial charge in [0.1, 0.15) is 10.8 Å². The van der Waals surface area contributed by atoms with E-state index in [1.807, 2.05) is 30.3 Å². The Balaban J connectivity index is 1.31. The predicted molar refractivity (Wildman–Crippen MR) is 126 cm³/mol. The number of nitrogens with zero attached hydrogens (tertiary/aromatic N) is 3. The number of aromatic nitrogens is 2. The summed E-state index contributed by atoms with van der Waals surface area (Å²) in [5.74, 6) is 0.865. The van der Waals surface area contributed by atoms with Gasteiger partial charge in [-0.1, -0.05) is 30.0 Å². The van der Waals surface area contributed by atoms with Gasteiger partial charge in [-0.25, -0.2) is 0 Å². The Bertz CT molecular complexity index is 1000. The molecule has 2 aromatic carbocycles. The lowest BCUT2D eigenvalue weighted by Gasteiger charge is -2.28. The van der Waals surface area contributed by atoms with E-state index in [1.54, 1.807) is 13.2 Å². The second kappa shape index (κ2) is 10.3. The van der Waals surface area contributed by atoms with E-state index in [9.17, 15) is 4.79 Å². The molecule has 0 spiro atoms. The van der Waals surface area contributed by atoms with Crippen LogP contribution in [0.5, 0.6) is 5.75 Å². The average Bonchev–Trinajstić information content (AvgIpc) is 2.84. The fraction of sp³-hybridized carbons (Fsp3) is 0.292. The molecule has 0 radical (unpaired) electrons. The number of ether oxygens (including phenoxy) is 1. The third kappa shape index (κ3) is 5.76. The van der Waals surface area contributed by atoms with Gasteiger partial charge in [0.2, 0.25) is 5.91 Å². The number of amides is 1. The van der Waals surface area contributed by atoms with Crippen molar-refractivity contribution in [3.8, 4) is 17.0 Å². The Kier molecular flexibility index (Phi) is 7.04. The third-order valence-corrected chi connectivity index (χ3v) is 6.15. The van der Waals surface area contributed by atoms with Crippen LogP contribution in [0, 0.1) is 0 Å². The second-order valence-corrected chi connectivity index (χ2v) is 8.42. The van der Waals surface area contributed by atoms with Crippen molar-refractivity contribution in [1.82, 2.24) is 10.2 Å². The third-order valence-electron chi connectivity index (χ3n) is 5.23. The number of piperidine rings is 1. The SMILES string of the molecule is COc1cccc(NC(=O)CSc2ccc(-c3ccc(N4CCCCC4)cc3)nn2)c1. The Morgan fingerprint density at radius 2 is 1.84 bits per heavy atom. The Hall–Kier alpha value is -3.06. The van der Waals surface area contributed by atoms with E-state index in [2.05, 4.69) is 44.7 Å². The van der Waals surface area contributed by atoms with Gasteiger partial charge in [-0.3, -0.25) is 4.79 Å². The van der Waals surface area contributed by atoms with Crippen molar-refractivity contribution >= 4 is 29.0 Å². The number of nitrogens with one attached hydrogen (secondary N) is 1. The van der Waals surface area contributed by atoms with Crippen LogP contribution in [0.2, 0.25) is 0 Å². The maximum absolute atomic E-state index is 12.2. The van der Waals surface area contributed by atoms with E-state index in [1.165, 1.54) is 36.7 Å². The highest BCUT2D eigenvalue weighted by Gasteiger charge is 2.11. The number of benzene rings is 2. The summed E-state index contributed by atoms with van der Waals surface area (Å²) in [6, 6.07) is 19.7. The van der Waals surface area contributed by atoms with Gasteiger partial charge in [0.05, 0.1) is 18.6 Å². The van der Waals surface area contributed by atoms with Gasteiger partial charge < -0.3 is 15.0 Å². The molecule has 0 aliphatic carbocycles. The van der Waals surface area contributed by atoms with E-state index in [-0.39, 0.29) is 11.7 Å². The first-order valence-corrected chi connectivity index (χ1v) is 11.5. The molecule has 1 aliphatic rings. The number of carbonyl (C=O) groups excluding carboxylic acids is 1. The monoisotopic (exact) mass is 434 g/mol. The molecule has 1 amide bonds. The molecule has 0 bridgehead atoms. The lowest BCUT2D eigenvalue weighted by molar-refractivity contribution is -0.113. The highest BCUT2D eigenvalue weighted by atomic mass is 32.2. The maximum Gasteiger partial charge on any atom is 0.234 e. The number of hydrogen-bond donors (Lipinski definition) is 1. The highest BCUT2D eigenvalue weighted by Crippen LogP contribution is 2.25. The Morgan fingerprint density at radius 3 is 2.55 bits per heavy atom. The van der Waals surface area contributed by atoms with Crippen molar-refractivity contribution in [2.24, 2.45) is 0 Å². The van der Waals surface area contributed by atoms with Crippen molar-refractivity contribution in [2.45, 2.75) is 24.3 Å². The molecule has 1 N–H and O–H groups in total. The zero-order valence-electron chi connectivity index (χ0n) is 17.6. The summed E-state index contributed by atoms with van der Waals surface area (Å²) < 4.78 is 5.17. The number of carbonyl (C=O) groups is 1. The largest absolute Gasteiger partial charge is 0.497 e. The summed E-state index contributed by atoms with van der Waals surface area (Å²) in [4.78, 5) is 14.7. The molecule has 0 unspecified atom stereocenters. The maximum atomic E-state index is 12.2. The molecule has 2 heterocycles.